The van der Waals surface area contributed by atoms with Crippen LogP contribution in [0.2, 0.25) is 0 Å². The summed E-state index contributed by atoms with van der Waals surface area (Å²) in [4.78, 5) is 29.3. The molecule has 1 saturated heterocycles. The maximum atomic E-state index is 13.9. The third-order valence-corrected chi connectivity index (χ3v) is 4.29. The number of nitrogens with zero attached hydrogens (tertiary/aromatic N) is 2. The zero-order chi connectivity index (χ0) is 17.8. The van der Waals surface area contributed by atoms with Crippen LogP contribution in [0.25, 0.3) is 0 Å². The highest BCUT2D eigenvalue weighted by Gasteiger charge is 2.16. The SMILES string of the molecule is CC(=O)Nc1nc(C(=O)Nc2cc(F)cc(N3CCOCC3)c2)cs1. The number of benzene rings is 1. The third kappa shape index (κ3) is 4.52. The summed E-state index contributed by atoms with van der Waals surface area (Å²) in [5.74, 6) is -1.16. The first-order valence-electron chi connectivity index (χ1n) is 7.69. The average Bonchev–Trinajstić information content (AvgIpc) is 3.03. The second-order valence-electron chi connectivity index (χ2n) is 5.47. The van der Waals surface area contributed by atoms with Crippen LogP contribution in [-0.4, -0.2) is 43.1 Å². The fourth-order valence-corrected chi connectivity index (χ4v) is 3.17. The number of rotatable bonds is 4. The van der Waals surface area contributed by atoms with Crippen LogP contribution in [0.4, 0.5) is 20.9 Å². The number of amides is 2. The van der Waals surface area contributed by atoms with Gasteiger partial charge in [0.15, 0.2) is 5.13 Å². The molecule has 3 rings (SSSR count). The van der Waals surface area contributed by atoms with Gasteiger partial charge in [-0.05, 0) is 18.2 Å². The molecule has 25 heavy (non-hydrogen) atoms. The van der Waals surface area contributed by atoms with Crippen LogP contribution < -0.4 is 15.5 Å². The second-order valence-corrected chi connectivity index (χ2v) is 6.33. The smallest absolute Gasteiger partial charge is 0.275 e. The molecule has 2 aromatic rings. The van der Waals surface area contributed by atoms with Crippen molar-refractivity contribution in [3.05, 3.63) is 35.1 Å². The summed E-state index contributed by atoms with van der Waals surface area (Å²) >= 11 is 1.15. The molecule has 1 aromatic heterocycles. The fraction of sp³-hybridized carbons (Fsp3) is 0.312. The van der Waals surface area contributed by atoms with Crippen molar-refractivity contribution in [2.24, 2.45) is 0 Å². The van der Waals surface area contributed by atoms with Gasteiger partial charge in [0.1, 0.15) is 11.5 Å². The van der Waals surface area contributed by atoms with Gasteiger partial charge in [-0.3, -0.25) is 9.59 Å². The molecule has 2 N–H and O–H groups in total. The van der Waals surface area contributed by atoms with Crippen LogP contribution >= 0.6 is 11.3 Å². The third-order valence-electron chi connectivity index (χ3n) is 3.54. The molecule has 1 aliphatic rings. The van der Waals surface area contributed by atoms with Crippen LogP contribution in [0.15, 0.2) is 23.6 Å². The summed E-state index contributed by atoms with van der Waals surface area (Å²) in [5.41, 5.74) is 1.20. The van der Waals surface area contributed by atoms with Crippen molar-refractivity contribution in [2.75, 3.05) is 41.8 Å². The Morgan fingerprint density at radius 1 is 1.24 bits per heavy atom. The van der Waals surface area contributed by atoms with E-state index in [0.29, 0.717) is 42.8 Å². The van der Waals surface area contributed by atoms with Gasteiger partial charge in [-0.2, -0.15) is 0 Å². The Hall–Kier alpha value is -2.52. The van der Waals surface area contributed by atoms with Gasteiger partial charge >= 0.3 is 0 Å². The molecule has 0 radical (unpaired) electrons. The number of carbonyl (C=O) groups excluding carboxylic acids is 2. The molecular formula is C16H17FN4O3S. The van der Waals surface area contributed by atoms with Crippen LogP contribution in [0.1, 0.15) is 17.4 Å². The number of nitrogens with one attached hydrogen (secondary N) is 2. The fourth-order valence-electron chi connectivity index (χ4n) is 2.43. The lowest BCUT2D eigenvalue weighted by molar-refractivity contribution is -0.114. The maximum absolute atomic E-state index is 13.9. The number of morpholine rings is 1. The summed E-state index contributed by atoms with van der Waals surface area (Å²) in [6.07, 6.45) is 0. The molecule has 1 aromatic carbocycles. The van der Waals surface area contributed by atoms with Crippen LogP contribution in [0.5, 0.6) is 0 Å². The van der Waals surface area contributed by atoms with Gasteiger partial charge in [-0.1, -0.05) is 0 Å². The van der Waals surface area contributed by atoms with Crippen molar-refractivity contribution in [1.82, 2.24) is 4.98 Å². The first-order chi connectivity index (χ1) is 12.0. The molecule has 0 bridgehead atoms. The molecule has 0 spiro atoms. The monoisotopic (exact) mass is 364 g/mol. The van der Waals surface area contributed by atoms with E-state index < -0.39 is 11.7 Å². The standard InChI is InChI=1S/C16H17FN4O3S/c1-10(22)18-16-20-14(9-25-16)15(23)19-12-6-11(17)7-13(8-12)21-2-4-24-5-3-21/h6-9H,2-5H2,1H3,(H,19,23)(H,18,20,22). The highest BCUT2D eigenvalue weighted by molar-refractivity contribution is 7.14. The molecule has 1 fully saturated rings. The zero-order valence-corrected chi connectivity index (χ0v) is 14.4. The van der Waals surface area contributed by atoms with Crippen molar-refractivity contribution in [1.29, 1.82) is 0 Å². The van der Waals surface area contributed by atoms with Gasteiger partial charge in [0.25, 0.3) is 5.91 Å². The van der Waals surface area contributed by atoms with Crippen molar-refractivity contribution < 1.29 is 18.7 Å². The predicted octanol–water partition coefficient (Wildman–Crippen LogP) is 2.33. The molecule has 2 heterocycles. The first-order valence-corrected chi connectivity index (χ1v) is 8.57. The Balaban J connectivity index is 1.73. The quantitative estimate of drug-likeness (QED) is 0.870. The second kappa shape index (κ2) is 7.58. The van der Waals surface area contributed by atoms with Crippen molar-refractivity contribution in [3.8, 4) is 0 Å². The molecule has 132 valence electrons. The highest BCUT2D eigenvalue weighted by Crippen LogP contribution is 2.24. The number of thiazole rings is 1. The largest absolute Gasteiger partial charge is 0.378 e. The van der Waals surface area contributed by atoms with E-state index in [1.165, 1.54) is 24.4 Å². The molecular weight excluding hydrogens is 347 g/mol. The molecule has 2 amide bonds. The van der Waals surface area contributed by atoms with E-state index in [4.69, 9.17) is 4.74 Å². The molecule has 1 aliphatic heterocycles. The van der Waals surface area contributed by atoms with Gasteiger partial charge in [0, 0.05) is 36.8 Å². The van der Waals surface area contributed by atoms with Gasteiger partial charge in [0.2, 0.25) is 5.91 Å². The van der Waals surface area contributed by atoms with E-state index in [1.807, 2.05) is 4.90 Å². The Kier molecular flexibility index (Phi) is 5.25. The molecule has 0 aliphatic carbocycles. The van der Waals surface area contributed by atoms with Gasteiger partial charge < -0.3 is 20.3 Å². The van der Waals surface area contributed by atoms with E-state index in [0.717, 1.165) is 11.3 Å². The Morgan fingerprint density at radius 3 is 2.72 bits per heavy atom. The summed E-state index contributed by atoms with van der Waals surface area (Å²) in [6, 6.07) is 4.40. The predicted molar refractivity (Wildman–Crippen MR) is 93.8 cm³/mol. The van der Waals surface area contributed by atoms with E-state index >= 15 is 0 Å². The molecule has 7 nitrogen and oxygen atoms in total. The Morgan fingerprint density at radius 2 is 2.00 bits per heavy atom. The number of anilines is 3. The molecule has 0 unspecified atom stereocenters. The topological polar surface area (TPSA) is 83.6 Å². The van der Waals surface area contributed by atoms with Gasteiger partial charge in [0.05, 0.1) is 13.2 Å². The van der Waals surface area contributed by atoms with Crippen LogP contribution in [-0.2, 0) is 9.53 Å². The molecule has 0 atom stereocenters. The number of carbonyl (C=O) groups is 2. The van der Waals surface area contributed by atoms with E-state index in [1.54, 1.807) is 6.07 Å². The zero-order valence-electron chi connectivity index (χ0n) is 13.5. The minimum absolute atomic E-state index is 0.158. The summed E-state index contributed by atoms with van der Waals surface area (Å²) in [6.45, 7) is 3.87. The lowest BCUT2D eigenvalue weighted by atomic mass is 10.2. The lowest BCUT2D eigenvalue weighted by Crippen LogP contribution is -2.36. The maximum Gasteiger partial charge on any atom is 0.275 e. The van der Waals surface area contributed by atoms with E-state index in [9.17, 15) is 14.0 Å². The van der Waals surface area contributed by atoms with Crippen LogP contribution in [0, 0.1) is 5.82 Å². The number of aromatic nitrogens is 1. The van der Waals surface area contributed by atoms with E-state index in [2.05, 4.69) is 15.6 Å². The summed E-state index contributed by atoms with van der Waals surface area (Å²) in [5, 5.41) is 7.02. The van der Waals surface area contributed by atoms with Crippen molar-refractivity contribution in [3.63, 3.8) is 0 Å². The number of hydrogen-bond acceptors (Lipinski definition) is 6. The minimum Gasteiger partial charge on any atom is -0.378 e. The molecule has 0 saturated carbocycles. The van der Waals surface area contributed by atoms with Crippen molar-refractivity contribution >= 4 is 39.7 Å². The summed E-state index contributed by atoms with van der Waals surface area (Å²) < 4.78 is 19.2. The van der Waals surface area contributed by atoms with Crippen molar-refractivity contribution in [2.45, 2.75) is 6.92 Å². The Labute approximate surface area is 147 Å². The lowest BCUT2D eigenvalue weighted by Gasteiger charge is -2.29. The number of ether oxygens (including phenoxy) is 1. The highest BCUT2D eigenvalue weighted by atomic mass is 32.1. The van der Waals surface area contributed by atoms with Gasteiger partial charge in [-0.25, -0.2) is 9.37 Å². The average molecular weight is 364 g/mol. The van der Waals surface area contributed by atoms with E-state index in [-0.39, 0.29) is 11.6 Å². The van der Waals surface area contributed by atoms with Gasteiger partial charge in [-0.15, -0.1) is 11.3 Å². The number of hydrogen-bond donors (Lipinski definition) is 2. The normalized spacial score (nSPS) is 14.2. The minimum atomic E-state index is -0.466. The van der Waals surface area contributed by atoms with Crippen LogP contribution in [0.3, 0.4) is 0 Å². The number of halogens is 1. The first kappa shape index (κ1) is 17.3. The summed E-state index contributed by atoms with van der Waals surface area (Å²) in [7, 11) is 0. The molecule has 9 heteroatoms. The Bertz CT molecular complexity index is 789.